The third-order valence-corrected chi connectivity index (χ3v) is 5.15. The van der Waals surface area contributed by atoms with Gasteiger partial charge >= 0.3 is 5.97 Å². The van der Waals surface area contributed by atoms with Crippen LogP contribution in [0.25, 0.3) is 10.8 Å². The molecular weight excluding hydrogens is 318 g/mol. The fraction of sp³-hybridized carbons (Fsp3) is 0.450. The van der Waals surface area contributed by atoms with Crippen LogP contribution in [0, 0.1) is 5.92 Å². The number of carboxylic acid groups (broad SMARTS) is 1. The van der Waals surface area contributed by atoms with Crippen LogP contribution in [0.5, 0.6) is 5.75 Å². The summed E-state index contributed by atoms with van der Waals surface area (Å²) in [5, 5.41) is 11.6. The van der Waals surface area contributed by atoms with Gasteiger partial charge < -0.3 is 14.6 Å². The van der Waals surface area contributed by atoms with Crippen LogP contribution in [0.15, 0.2) is 36.4 Å². The summed E-state index contributed by atoms with van der Waals surface area (Å²) < 4.78 is 10.6. The summed E-state index contributed by atoms with van der Waals surface area (Å²) in [7, 11) is 3.18. The molecule has 3 rings (SSSR count). The molecule has 0 aliphatic carbocycles. The second kappa shape index (κ2) is 7.85. The predicted octanol–water partition coefficient (Wildman–Crippen LogP) is 3.16. The molecule has 134 valence electrons. The SMILES string of the molecule is COc1ccc(CN2CCC(C(OC)C(=O)O)CC2)c2ccccc12. The number of benzene rings is 2. The molecule has 5 nitrogen and oxygen atoms in total. The highest BCUT2D eigenvalue weighted by Gasteiger charge is 2.31. The summed E-state index contributed by atoms with van der Waals surface area (Å²) in [6.07, 6.45) is 1.00. The number of methoxy groups -OCH3 is 2. The fourth-order valence-corrected chi connectivity index (χ4v) is 3.80. The van der Waals surface area contributed by atoms with E-state index >= 15 is 0 Å². The standard InChI is InChI=1S/C20H25NO4/c1-24-18-8-7-15(16-5-3-4-6-17(16)18)13-21-11-9-14(10-12-21)19(25-2)20(22)23/h3-8,14,19H,9-13H2,1-2H3,(H,22,23). The van der Waals surface area contributed by atoms with Crippen molar-refractivity contribution in [3.05, 3.63) is 42.0 Å². The first-order valence-electron chi connectivity index (χ1n) is 8.66. The van der Waals surface area contributed by atoms with E-state index in [0.717, 1.165) is 43.6 Å². The average Bonchev–Trinajstić information content (AvgIpc) is 2.64. The van der Waals surface area contributed by atoms with Crippen molar-refractivity contribution in [2.45, 2.75) is 25.5 Å². The number of carboxylic acids is 1. The molecule has 1 heterocycles. The number of hydrogen-bond acceptors (Lipinski definition) is 4. The molecule has 0 bridgehead atoms. The van der Waals surface area contributed by atoms with Crippen molar-refractivity contribution in [1.29, 1.82) is 0 Å². The number of nitrogens with zero attached hydrogens (tertiary/aromatic N) is 1. The van der Waals surface area contributed by atoms with Crippen molar-refractivity contribution < 1.29 is 19.4 Å². The Balaban J connectivity index is 1.71. The normalized spacial score (nSPS) is 17.5. The van der Waals surface area contributed by atoms with Gasteiger partial charge in [-0.05, 0) is 48.9 Å². The monoisotopic (exact) mass is 343 g/mol. The van der Waals surface area contributed by atoms with E-state index in [1.165, 1.54) is 18.1 Å². The number of ether oxygens (including phenoxy) is 2. The second-order valence-corrected chi connectivity index (χ2v) is 6.58. The van der Waals surface area contributed by atoms with Crippen molar-refractivity contribution in [2.75, 3.05) is 27.3 Å². The lowest BCUT2D eigenvalue weighted by molar-refractivity contribution is -0.153. The van der Waals surface area contributed by atoms with Gasteiger partial charge in [0.15, 0.2) is 6.10 Å². The molecule has 2 aromatic carbocycles. The second-order valence-electron chi connectivity index (χ2n) is 6.58. The van der Waals surface area contributed by atoms with Gasteiger partial charge in [-0.25, -0.2) is 4.79 Å². The van der Waals surface area contributed by atoms with Crippen LogP contribution in [-0.4, -0.2) is 49.4 Å². The molecule has 1 aliphatic heterocycles. The zero-order valence-electron chi connectivity index (χ0n) is 14.8. The zero-order chi connectivity index (χ0) is 17.8. The molecule has 25 heavy (non-hydrogen) atoms. The first-order chi connectivity index (χ1) is 12.1. The molecule has 1 aliphatic rings. The molecule has 1 atom stereocenters. The Morgan fingerprint density at radius 1 is 1.16 bits per heavy atom. The number of likely N-dealkylation sites (tertiary alicyclic amines) is 1. The van der Waals surface area contributed by atoms with Crippen LogP contribution < -0.4 is 4.74 Å². The van der Waals surface area contributed by atoms with E-state index in [4.69, 9.17) is 9.47 Å². The molecule has 1 N–H and O–H groups in total. The third-order valence-electron chi connectivity index (χ3n) is 5.15. The van der Waals surface area contributed by atoms with Crippen LogP contribution in [0.1, 0.15) is 18.4 Å². The maximum absolute atomic E-state index is 11.3. The van der Waals surface area contributed by atoms with Gasteiger partial charge in [0.2, 0.25) is 0 Å². The summed E-state index contributed by atoms with van der Waals surface area (Å²) >= 11 is 0. The lowest BCUT2D eigenvalue weighted by Crippen LogP contribution is -2.41. The Morgan fingerprint density at radius 2 is 1.84 bits per heavy atom. The minimum Gasteiger partial charge on any atom is -0.496 e. The summed E-state index contributed by atoms with van der Waals surface area (Å²) in [5.74, 6) is 0.121. The van der Waals surface area contributed by atoms with E-state index in [9.17, 15) is 9.90 Å². The number of piperidine rings is 1. The Labute approximate surface area is 148 Å². The Bertz CT molecular complexity index is 738. The van der Waals surface area contributed by atoms with Crippen molar-refractivity contribution >= 4 is 16.7 Å². The molecule has 5 heteroatoms. The number of carbonyl (C=O) groups is 1. The van der Waals surface area contributed by atoms with Crippen LogP contribution in [0.2, 0.25) is 0 Å². The first kappa shape index (κ1) is 17.7. The first-order valence-corrected chi connectivity index (χ1v) is 8.66. The fourth-order valence-electron chi connectivity index (χ4n) is 3.80. The number of hydrogen-bond donors (Lipinski definition) is 1. The molecule has 2 aromatic rings. The Kier molecular flexibility index (Phi) is 5.56. The van der Waals surface area contributed by atoms with E-state index in [0.29, 0.717) is 0 Å². The van der Waals surface area contributed by atoms with Gasteiger partial charge in [0, 0.05) is 19.0 Å². The minimum atomic E-state index is -0.859. The lowest BCUT2D eigenvalue weighted by atomic mass is 9.90. The van der Waals surface area contributed by atoms with Crippen LogP contribution in [0.3, 0.4) is 0 Å². The number of aliphatic carboxylic acids is 1. The van der Waals surface area contributed by atoms with E-state index in [1.54, 1.807) is 7.11 Å². The molecule has 1 fully saturated rings. The van der Waals surface area contributed by atoms with Crippen LogP contribution in [0.4, 0.5) is 0 Å². The molecule has 0 aromatic heterocycles. The third kappa shape index (κ3) is 3.78. The minimum absolute atomic E-state index is 0.0892. The van der Waals surface area contributed by atoms with Gasteiger partial charge in [-0.15, -0.1) is 0 Å². The maximum atomic E-state index is 11.3. The average molecular weight is 343 g/mol. The Hall–Kier alpha value is -2.11. The molecule has 0 radical (unpaired) electrons. The van der Waals surface area contributed by atoms with Crippen molar-refractivity contribution in [3.63, 3.8) is 0 Å². The molecule has 0 amide bonds. The maximum Gasteiger partial charge on any atom is 0.333 e. The smallest absolute Gasteiger partial charge is 0.333 e. The quantitative estimate of drug-likeness (QED) is 0.873. The van der Waals surface area contributed by atoms with E-state index in [2.05, 4.69) is 23.1 Å². The summed E-state index contributed by atoms with van der Waals surface area (Å²) in [4.78, 5) is 13.6. The highest BCUT2D eigenvalue weighted by molar-refractivity contribution is 5.91. The molecule has 0 spiro atoms. The molecule has 0 saturated carbocycles. The van der Waals surface area contributed by atoms with Gasteiger partial charge in [-0.3, -0.25) is 4.90 Å². The number of rotatable bonds is 6. The van der Waals surface area contributed by atoms with Crippen LogP contribution in [-0.2, 0) is 16.1 Å². The topological polar surface area (TPSA) is 59.0 Å². The van der Waals surface area contributed by atoms with E-state index < -0.39 is 12.1 Å². The van der Waals surface area contributed by atoms with E-state index in [-0.39, 0.29) is 5.92 Å². The van der Waals surface area contributed by atoms with Crippen LogP contribution >= 0.6 is 0 Å². The molecule has 1 unspecified atom stereocenters. The highest BCUT2D eigenvalue weighted by atomic mass is 16.5. The Morgan fingerprint density at radius 3 is 2.44 bits per heavy atom. The molecule has 1 saturated heterocycles. The van der Waals surface area contributed by atoms with Gasteiger partial charge in [0.1, 0.15) is 5.75 Å². The van der Waals surface area contributed by atoms with Crippen molar-refractivity contribution in [2.24, 2.45) is 5.92 Å². The summed E-state index contributed by atoms with van der Waals surface area (Å²) in [6, 6.07) is 12.4. The van der Waals surface area contributed by atoms with Crippen molar-refractivity contribution in [1.82, 2.24) is 4.90 Å². The van der Waals surface area contributed by atoms with Gasteiger partial charge in [-0.2, -0.15) is 0 Å². The van der Waals surface area contributed by atoms with Crippen molar-refractivity contribution in [3.8, 4) is 5.75 Å². The number of fused-ring (bicyclic) bond motifs is 1. The zero-order valence-corrected chi connectivity index (χ0v) is 14.8. The molecular formula is C20H25NO4. The van der Waals surface area contributed by atoms with E-state index in [1.807, 2.05) is 18.2 Å². The van der Waals surface area contributed by atoms with Gasteiger partial charge in [-0.1, -0.05) is 30.3 Å². The van der Waals surface area contributed by atoms with Gasteiger partial charge in [0.25, 0.3) is 0 Å². The lowest BCUT2D eigenvalue weighted by Gasteiger charge is -2.34. The summed E-state index contributed by atoms with van der Waals surface area (Å²) in [5.41, 5.74) is 1.27. The highest BCUT2D eigenvalue weighted by Crippen LogP contribution is 2.30. The van der Waals surface area contributed by atoms with Gasteiger partial charge in [0.05, 0.1) is 7.11 Å². The predicted molar refractivity (Wildman–Crippen MR) is 96.9 cm³/mol. The summed E-state index contributed by atoms with van der Waals surface area (Å²) in [6.45, 7) is 2.64. The largest absolute Gasteiger partial charge is 0.496 e.